The minimum absolute atomic E-state index is 0.0105. The standard InChI is InChI=1S/C21H20ClN5O2S/c1-27-19(25-26-21(27)30-12-18(28)23-14-9-10-14)13-5-4-6-15(11-13)24-20(29)16-7-2-3-8-17(16)22/h2-8,11,14H,9-10,12H2,1H3,(H,23,28)(H,24,29). The third-order valence-electron chi connectivity index (χ3n) is 4.61. The fourth-order valence-electron chi connectivity index (χ4n) is 2.90. The fourth-order valence-corrected chi connectivity index (χ4v) is 3.84. The van der Waals surface area contributed by atoms with Crippen molar-refractivity contribution >= 4 is 40.9 Å². The molecular weight excluding hydrogens is 422 g/mol. The molecule has 4 rings (SSSR count). The van der Waals surface area contributed by atoms with Gasteiger partial charge in [-0.1, -0.05) is 47.6 Å². The number of carbonyl (C=O) groups is 2. The van der Waals surface area contributed by atoms with Crippen molar-refractivity contribution in [3.63, 3.8) is 0 Å². The van der Waals surface area contributed by atoms with Crippen LogP contribution in [0.5, 0.6) is 0 Å². The van der Waals surface area contributed by atoms with Crippen molar-refractivity contribution in [1.82, 2.24) is 20.1 Å². The van der Waals surface area contributed by atoms with Crippen LogP contribution in [0.4, 0.5) is 5.69 Å². The van der Waals surface area contributed by atoms with Crippen molar-refractivity contribution in [3.8, 4) is 11.4 Å². The molecule has 0 saturated heterocycles. The summed E-state index contributed by atoms with van der Waals surface area (Å²) >= 11 is 7.45. The van der Waals surface area contributed by atoms with Crippen molar-refractivity contribution < 1.29 is 9.59 Å². The van der Waals surface area contributed by atoms with Crippen molar-refractivity contribution in [1.29, 1.82) is 0 Å². The van der Waals surface area contributed by atoms with Gasteiger partial charge < -0.3 is 15.2 Å². The third-order valence-corrected chi connectivity index (χ3v) is 5.96. The highest BCUT2D eigenvalue weighted by atomic mass is 35.5. The zero-order valence-electron chi connectivity index (χ0n) is 16.3. The zero-order valence-corrected chi connectivity index (χ0v) is 17.8. The Labute approximate surface area is 183 Å². The number of benzene rings is 2. The number of amides is 2. The second kappa shape index (κ2) is 8.89. The first-order chi connectivity index (χ1) is 14.5. The summed E-state index contributed by atoms with van der Waals surface area (Å²) in [7, 11) is 1.85. The Balaban J connectivity index is 1.45. The van der Waals surface area contributed by atoms with Gasteiger partial charge in [0.25, 0.3) is 5.91 Å². The Kier molecular flexibility index (Phi) is 6.06. The van der Waals surface area contributed by atoms with Gasteiger partial charge in [0.2, 0.25) is 5.91 Å². The van der Waals surface area contributed by atoms with Gasteiger partial charge in [-0.25, -0.2) is 0 Å². The number of carbonyl (C=O) groups excluding carboxylic acids is 2. The lowest BCUT2D eigenvalue weighted by Crippen LogP contribution is -2.27. The molecule has 0 unspecified atom stereocenters. The van der Waals surface area contributed by atoms with E-state index in [1.807, 2.05) is 29.8 Å². The summed E-state index contributed by atoms with van der Waals surface area (Å²) in [6.45, 7) is 0. The molecule has 1 heterocycles. The van der Waals surface area contributed by atoms with E-state index < -0.39 is 0 Å². The van der Waals surface area contributed by atoms with Gasteiger partial charge in [0.15, 0.2) is 11.0 Å². The van der Waals surface area contributed by atoms with E-state index in [2.05, 4.69) is 20.8 Å². The van der Waals surface area contributed by atoms with Crippen LogP contribution in [0.25, 0.3) is 11.4 Å². The first kappa shape index (κ1) is 20.4. The highest BCUT2D eigenvalue weighted by Gasteiger charge is 2.23. The summed E-state index contributed by atoms with van der Waals surface area (Å²) in [4.78, 5) is 24.4. The van der Waals surface area contributed by atoms with Crippen LogP contribution in [-0.4, -0.2) is 38.4 Å². The lowest BCUT2D eigenvalue weighted by atomic mass is 10.1. The molecule has 0 spiro atoms. The highest BCUT2D eigenvalue weighted by molar-refractivity contribution is 7.99. The molecule has 0 atom stereocenters. The Hall–Kier alpha value is -2.84. The second-order valence-corrected chi connectivity index (χ2v) is 8.36. The summed E-state index contributed by atoms with van der Waals surface area (Å²) in [5.41, 5.74) is 1.83. The highest BCUT2D eigenvalue weighted by Crippen LogP contribution is 2.26. The average Bonchev–Trinajstić information content (AvgIpc) is 3.47. The maximum atomic E-state index is 12.5. The van der Waals surface area contributed by atoms with Gasteiger partial charge >= 0.3 is 0 Å². The maximum absolute atomic E-state index is 12.5. The lowest BCUT2D eigenvalue weighted by Gasteiger charge is -2.09. The number of halogens is 1. The Bertz CT molecular complexity index is 1100. The Morgan fingerprint density at radius 3 is 2.73 bits per heavy atom. The predicted molar refractivity (Wildman–Crippen MR) is 118 cm³/mol. The van der Waals surface area contributed by atoms with Gasteiger partial charge in [-0.3, -0.25) is 9.59 Å². The normalized spacial score (nSPS) is 13.1. The molecule has 3 aromatic rings. The largest absolute Gasteiger partial charge is 0.353 e. The average molecular weight is 442 g/mol. The topological polar surface area (TPSA) is 88.9 Å². The van der Waals surface area contributed by atoms with E-state index in [-0.39, 0.29) is 11.8 Å². The maximum Gasteiger partial charge on any atom is 0.257 e. The summed E-state index contributed by atoms with van der Waals surface area (Å²) < 4.78 is 1.84. The van der Waals surface area contributed by atoms with E-state index in [9.17, 15) is 9.59 Å². The molecule has 2 amide bonds. The van der Waals surface area contributed by atoms with Gasteiger partial charge in [-0.15, -0.1) is 10.2 Å². The molecule has 7 nitrogen and oxygen atoms in total. The first-order valence-electron chi connectivity index (χ1n) is 9.49. The van der Waals surface area contributed by atoms with Crippen molar-refractivity contribution in [2.24, 2.45) is 7.05 Å². The third kappa shape index (κ3) is 4.83. The van der Waals surface area contributed by atoms with Gasteiger partial charge in [-0.2, -0.15) is 0 Å². The molecule has 154 valence electrons. The smallest absolute Gasteiger partial charge is 0.257 e. The van der Waals surface area contributed by atoms with Gasteiger partial charge in [0.1, 0.15) is 0 Å². The van der Waals surface area contributed by atoms with E-state index in [1.54, 1.807) is 30.3 Å². The number of anilines is 1. The van der Waals surface area contributed by atoms with Crippen molar-refractivity contribution in [2.75, 3.05) is 11.1 Å². The minimum Gasteiger partial charge on any atom is -0.353 e. The van der Waals surface area contributed by atoms with Crippen LogP contribution >= 0.6 is 23.4 Å². The predicted octanol–water partition coefficient (Wildman–Crippen LogP) is 3.76. The molecule has 2 aromatic carbocycles. The second-order valence-electron chi connectivity index (χ2n) is 7.01. The molecule has 9 heteroatoms. The first-order valence-corrected chi connectivity index (χ1v) is 10.9. The molecular formula is C21H20ClN5O2S. The number of nitrogens with zero attached hydrogens (tertiary/aromatic N) is 3. The Morgan fingerprint density at radius 2 is 1.97 bits per heavy atom. The summed E-state index contributed by atoms with van der Waals surface area (Å²) in [6.07, 6.45) is 2.13. The van der Waals surface area contributed by atoms with E-state index in [4.69, 9.17) is 11.6 Å². The zero-order chi connectivity index (χ0) is 21.1. The summed E-state index contributed by atoms with van der Waals surface area (Å²) in [5, 5.41) is 15.3. The van der Waals surface area contributed by atoms with Crippen LogP contribution in [0.15, 0.2) is 53.7 Å². The quantitative estimate of drug-likeness (QED) is 0.545. The molecule has 1 saturated carbocycles. The molecule has 0 radical (unpaired) electrons. The minimum atomic E-state index is -0.284. The molecule has 2 N–H and O–H groups in total. The van der Waals surface area contributed by atoms with Crippen LogP contribution in [0.3, 0.4) is 0 Å². The molecule has 1 fully saturated rings. The van der Waals surface area contributed by atoms with Crippen LogP contribution in [0, 0.1) is 0 Å². The molecule has 0 bridgehead atoms. The lowest BCUT2D eigenvalue weighted by molar-refractivity contribution is -0.118. The van der Waals surface area contributed by atoms with E-state index in [1.165, 1.54) is 11.8 Å². The number of hydrogen-bond acceptors (Lipinski definition) is 5. The molecule has 1 aliphatic rings. The number of rotatable bonds is 7. The van der Waals surface area contributed by atoms with E-state index in [0.29, 0.717) is 39.0 Å². The van der Waals surface area contributed by atoms with Crippen molar-refractivity contribution in [3.05, 3.63) is 59.1 Å². The van der Waals surface area contributed by atoms with Crippen molar-refractivity contribution in [2.45, 2.75) is 24.0 Å². The monoisotopic (exact) mass is 441 g/mol. The van der Waals surface area contributed by atoms with Crippen LogP contribution in [-0.2, 0) is 11.8 Å². The Morgan fingerprint density at radius 1 is 1.17 bits per heavy atom. The number of thioether (sulfide) groups is 1. The van der Waals surface area contributed by atoms with Crippen LogP contribution in [0.2, 0.25) is 5.02 Å². The van der Waals surface area contributed by atoms with Crippen LogP contribution in [0.1, 0.15) is 23.2 Å². The molecule has 1 aliphatic carbocycles. The molecule has 30 heavy (non-hydrogen) atoms. The van der Waals surface area contributed by atoms with Gasteiger partial charge in [0.05, 0.1) is 16.3 Å². The van der Waals surface area contributed by atoms with E-state index >= 15 is 0 Å². The SMILES string of the molecule is Cn1c(SCC(=O)NC2CC2)nnc1-c1cccc(NC(=O)c2ccccc2Cl)c1. The summed E-state index contributed by atoms with van der Waals surface area (Å²) in [6, 6.07) is 14.6. The number of nitrogens with one attached hydrogen (secondary N) is 2. The fraction of sp³-hybridized carbons (Fsp3) is 0.238. The van der Waals surface area contributed by atoms with Gasteiger partial charge in [0, 0.05) is 24.3 Å². The van der Waals surface area contributed by atoms with Gasteiger partial charge in [-0.05, 0) is 37.1 Å². The molecule has 0 aliphatic heterocycles. The summed E-state index contributed by atoms with van der Waals surface area (Å²) in [5.74, 6) is 0.676. The van der Waals surface area contributed by atoms with Crippen LogP contribution < -0.4 is 10.6 Å². The molecule has 1 aromatic heterocycles. The number of hydrogen-bond donors (Lipinski definition) is 2. The van der Waals surface area contributed by atoms with E-state index in [0.717, 1.165) is 18.4 Å². The number of aromatic nitrogens is 3.